The normalized spacial score (nSPS) is 15.1. The highest BCUT2D eigenvalue weighted by Gasteiger charge is 2.13. The molecule has 0 fully saturated rings. The van der Waals surface area contributed by atoms with Crippen molar-refractivity contribution >= 4 is 17.3 Å². The van der Waals surface area contributed by atoms with Crippen LogP contribution in [0.2, 0.25) is 0 Å². The fourth-order valence-electron chi connectivity index (χ4n) is 1.45. The highest BCUT2D eigenvalue weighted by molar-refractivity contribution is 5.96. The Morgan fingerprint density at radius 1 is 1.36 bits per heavy atom. The fraction of sp³-hybridized carbons (Fsp3) is 0.300. The van der Waals surface area contributed by atoms with Gasteiger partial charge in [0.2, 0.25) is 5.91 Å². The largest absolute Gasteiger partial charge is 0.383 e. The second-order valence-electron chi connectivity index (χ2n) is 3.37. The van der Waals surface area contributed by atoms with Gasteiger partial charge in [0.1, 0.15) is 5.82 Å². The van der Waals surface area contributed by atoms with Crippen molar-refractivity contribution in [2.24, 2.45) is 0 Å². The Labute approximate surface area is 81.3 Å². The van der Waals surface area contributed by atoms with Gasteiger partial charge in [-0.05, 0) is 24.6 Å². The van der Waals surface area contributed by atoms with Crippen LogP contribution in [0.5, 0.6) is 0 Å². The van der Waals surface area contributed by atoms with E-state index in [0.29, 0.717) is 29.9 Å². The molecule has 0 spiro atoms. The van der Waals surface area contributed by atoms with Gasteiger partial charge in [-0.15, -0.1) is 0 Å². The van der Waals surface area contributed by atoms with Gasteiger partial charge >= 0.3 is 0 Å². The van der Waals surface area contributed by atoms with Crippen molar-refractivity contribution in [2.45, 2.75) is 13.3 Å². The SMILES string of the molecule is Cc1cc2c(cc1F)NCCC(=O)N2. The first-order valence-electron chi connectivity index (χ1n) is 4.50. The maximum absolute atomic E-state index is 13.2. The van der Waals surface area contributed by atoms with Crippen LogP contribution >= 0.6 is 0 Å². The molecule has 0 atom stereocenters. The fourth-order valence-corrected chi connectivity index (χ4v) is 1.45. The maximum Gasteiger partial charge on any atom is 0.226 e. The quantitative estimate of drug-likeness (QED) is 0.662. The molecule has 1 heterocycles. The Hall–Kier alpha value is -1.58. The van der Waals surface area contributed by atoms with Crippen molar-refractivity contribution in [1.82, 2.24) is 0 Å². The summed E-state index contributed by atoms with van der Waals surface area (Å²) < 4.78 is 13.2. The standard InChI is InChI=1S/C10H11FN2O/c1-6-4-9-8(5-7(6)11)12-3-2-10(14)13-9/h4-5,12H,2-3H2,1H3,(H,13,14). The van der Waals surface area contributed by atoms with E-state index in [1.807, 2.05) is 0 Å². The van der Waals surface area contributed by atoms with Crippen LogP contribution in [-0.2, 0) is 4.79 Å². The van der Waals surface area contributed by atoms with Crippen LogP contribution in [0.1, 0.15) is 12.0 Å². The summed E-state index contributed by atoms with van der Waals surface area (Å²) in [6.45, 7) is 2.22. The minimum Gasteiger partial charge on any atom is -0.383 e. The van der Waals surface area contributed by atoms with Crippen LogP contribution in [0.25, 0.3) is 0 Å². The first kappa shape index (κ1) is 8.99. The zero-order valence-corrected chi connectivity index (χ0v) is 7.86. The first-order chi connectivity index (χ1) is 6.66. The molecule has 3 nitrogen and oxygen atoms in total. The van der Waals surface area contributed by atoms with Crippen LogP contribution in [0.15, 0.2) is 12.1 Å². The summed E-state index contributed by atoms with van der Waals surface area (Å²) in [5, 5.41) is 5.72. The summed E-state index contributed by atoms with van der Waals surface area (Å²) in [7, 11) is 0. The highest BCUT2D eigenvalue weighted by atomic mass is 19.1. The van der Waals surface area contributed by atoms with E-state index in [4.69, 9.17) is 0 Å². The summed E-state index contributed by atoms with van der Waals surface area (Å²) >= 11 is 0. The number of nitrogens with one attached hydrogen (secondary N) is 2. The number of fused-ring (bicyclic) bond motifs is 1. The lowest BCUT2D eigenvalue weighted by atomic mass is 10.2. The van der Waals surface area contributed by atoms with Gasteiger partial charge in [0.25, 0.3) is 0 Å². The maximum atomic E-state index is 13.2. The van der Waals surface area contributed by atoms with Crippen molar-refractivity contribution < 1.29 is 9.18 Å². The molecule has 1 aromatic carbocycles. The number of rotatable bonds is 0. The lowest BCUT2D eigenvalue weighted by molar-refractivity contribution is -0.115. The number of anilines is 2. The molecule has 0 saturated heterocycles. The van der Waals surface area contributed by atoms with Gasteiger partial charge < -0.3 is 10.6 Å². The first-order valence-corrected chi connectivity index (χ1v) is 4.50. The van der Waals surface area contributed by atoms with E-state index < -0.39 is 0 Å². The van der Waals surface area contributed by atoms with Gasteiger partial charge in [0, 0.05) is 13.0 Å². The van der Waals surface area contributed by atoms with Crippen LogP contribution in [0.4, 0.5) is 15.8 Å². The second-order valence-corrected chi connectivity index (χ2v) is 3.37. The van der Waals surface area contributed by atoms with Gasteiger partial charge in [-0.25, -0.2) is 4.39 Å². The van der Waals surface area contributed by atoms with Crippen LogP contribution < -0.4 is 10.6 Å². The van der Waals surface area contributed by atoms with E-state index in [-0.39, 0.29) is 11.7 Å². The van der Waals surface area contributed by atoms with E-state index in [2.05, 4.69) is 10.6 Å². The predicted molar refractivity (Wildman–Crippen MR) is 52.9 cm³/mol. The Bertz CT molecular complexity index is 390. The zero-order valence-electron chi connectivity index (χ0n) is 7.86. The van der Waals surface area contributed by atoms with Crippen molar-refractivity contribution in [3.63, 3.8) is 0 Å². The molecular formula is C10H11FN2O. The molecule has 0 aromatic heterocycles. The number of amides is 1. The monoisotopic (exact) mass is 194 g/mol. The minimum atomic E-state index is -0.257. The molecule has 2 N–H and O–H groups in total. The van der Waals surface area contributed by atoms with Crippen molar-refractivity contribution in [3.05, 3.63) is 23.5 Å². The third kappa shape index (κ3) is 1.55. The smallest absolute Gasteiger partial charge is 0.226 e. The van der Waals surface area contributed by atoms with E-state index in [1.54, 1.807) is 13.0 Å². The number of carbonyl (C=O) groups is 1. The number of aryl methyl sites for hydroxylation is 1. The summed E-state index contributed by atoms with van der Waals surface area (Å²) in [6.07, 6.45) is 0.412. The number of benzene rings is 1. The van der Waals surface area contributed by atoms with Crippen LogP contribution in [0, 0.1) is 12.7 Å². The molecule has 0 bridgehead atoms. The van der Waals surface area contributed by atoms with Crippen LogP contribution in [-0.4, -0.2) is 12.5 Å². The van der Waals surface area contributed by atoms with Gasteiger partial charge in [-0.3, -0.25) is 4.79 Å². The van der Waals surface area contributed by atoms with Gasteiger partial charge in [-0.1, -0.05) is 0 Å². The average Bonchev–Trinajstić information content (AvgIpc) is 2.28. The Balaban J connectivity index is 2.46. The molecule has 1 aliphatic rings. The Kier molecular flexibility index (Phi) is 2.11. The minimum absolute atomic E-state index is 0.0396. The molecule has 2 rings (SSSR count). The molecule has 74 valence electrons. The Morgan fingerprint density at radius 3 is 2.93 bits per heavy atom. The van der Waals surface area contributed by atoms with Crippen molar-refractivity contribution in [1.29, 1.82) is 0 Å². The molecular weight excluding hydrogens is 183 g/mol. The van der Waals surface area contributed by atoms with E-state index >= 15 is 0 Å². The zero-order chi connectivity index (χ0) is 10.1. The number of hydrogen-bond acceptors (Lipinski definition) is 2. The van der Waals surface area contributed by atoms with Gasteiger partial charge in [0.15, 0.2) is 0 Å². The molecule has 0 aliphatic carbocycles. The molecule has 1 aliphatic heterocycles. The van der Waals surface area contributed by atoms with E-state index in [0.717, 1.165) is 0 Å². The molecule has 0 radical (unpaired) electrons. The average molecular weight is 194 g/mol. The molecule has 1 amide bonds. The summed E-state index contributed by atoms with van der Waals surface area (Å²) in [6, 6.07) is 3.05. The number of hydrogen-bond donors (Lipinski definition) is 2. The third-order valence-corrected chi connectivity index (χ3v) is 2.24. The Morgan fingerprint density at radius 2 is 2.14 bits per heavy atom. The summed E-state index contributed by atoms with van der Waals surface area (Å²) in [4.78, 5) is 11.2. The molecule has 0 saturated carbocycles. The molecule has 4 heteroatoms. The predicted octanol–water partition coefficient (Wildman–Crippen LogP) is 1.89. The topological polar surface area (TPSA) is 41.1 Å². The number of carbonyl (C=O) groups excluding carboxylic acids is 1. The number of halogens is 1. The van der Waals surface area contributed by atoms with E-state index in [9.17, 15) is 9.18 Å². The summed E-state index contributed by atoms with van der Waals surface area (Å²) in [5.41, 5.74) is 1.85. The lowest BCUT2D eigenvalue weighted by Crippen LogP contribution is -2.10. The molecule has 0 unspecified atom stereocenters. The third-order valence-electron chi connectivity index (χ3n) is 2.24. The van der Waals surface area contributed by atoms with E-state index in [1.165, 1.54) is 6.07 Å². The lowest BCUT2D eigenvalue weighted by Gasteiger charge is -2.08. The van der Waals surface area contributed by atoms with Crippen LogP contribution in [0.3, 0.4) is 0 Å². The van der Waals surface area contributed by atoms with Crippen molar-refractivity contribution in [2.75, 3.05) is 17.2 Å². The second kappa shape index (κ2) is 3.29. The van der Waals surface area contributed by atoms with Gasteiger partial charge in [0.05, 0.1) is 11.4 Å². The highest BCUT2D eigenvalue weighted by Crippen LogP contribution is 2.27. The van der Waals surface area contributed by atoms with Gasteiger partial charge in [-0.2, -0.15) is 0 Å². The van der Waals surface area contributed by atoms with Crippen molar-refractivity contribution in [3.8, 4) is 0 Å². The molecule has 14 heavy (non-hydrogen) atoms. The summed E-state index contributed by atoms with van der Waals surface area (Å²) in [5.74, 6) is -0.297. The molecule has 1 aromatic rings.